The lowest BCUT2D eigenvalue weighted by Crippen LogP contribution is -2.35. The predicted octanol–water partition coefficient (Wildman–Crippen LogP) is 3.47. The van der Waals surface area contributed by atoms with E-state index in [1.54, 1.807) is 13.0 Å². The second kappa shape index (κ2) is 7.50. The maximum Gasteiger partial charge on any atom is 0.342 e. The molecule has 0 heterocycles. The summed E-state index contributed by atoms with van der Waals surface area (Å²) in [6.07, 6.45) is 2.06. The molecule has 1 saturated carbocycles. The molecule has 0 saturated heterocycles. The Balaban J connectivity index is 1.53. The number of aryl methyl sites for hydroxylation is 1. The zero-order valence-electron chi connectivity index (χ0n) is 14.4. The molecule has 0 spiro atoms. The molecular formula is C20H20BrNO4. The van der Waals surface area contributed by atoms with Crippen molar-refractivity contribution in [1.29, 1.82) is 0 Å². The first-order valence-electron chi connectivity index (χ1n) is 8.40. The summed E-state index contributed by atoms with van der Waals surface area (Å²) in [7, 11) is 0. The molecule has 1 fully saturated rings. The Morgan fingerprint density at radius 3 is 2.58 bits per heavy atom. The molecule has 0 radical (unpaired) electrons. The molecule has 5 nitrogen and oxygen atoms in total. The second-order valence-corrected chi connectivity index (χ2v) is 7.50. The molecule has 1 aliphatic carbocycles. The van der Waals surface area contributed by atoms with Crippen LogP contribution in [0.5, 0.6) is 5.75 Å². The molecule has 1 aliphatic rings. The van der Waals surface area contributed by atoms with Crippen LogP contribution in [0, 0.1) is 6.92 Å². The summed E-state index contributed by atoms with van der Waals surface area (Å²) in [6.45, 7) is 1.94. The number of carbonyl (C=O) groups excluding carboxylic acids is 2. The van der Waals surface area contributed by atoms with Crippen LogP contribution >= 0.6 is 15.9 Å². The Morgan fingerprint density at radius 2 is 1.92 bits per heavy atom. The molecule has 2 aromatic rings. The maximum atomic E-state index is 12.1. The minimum atomic E-state index is -0.730. The third-order valence-electron chi connectivity index (χ3n) is 4.63. The first-order chi connectivity index (χ1) is 12.4. The van der Waals surface area contributed by atoms with E-state index in [2.05, 4.69) is 33.4 Å². The van der Waals surface area contributed by atoms with E-state index < -0.39 is 5.97 Å². The number of halogens is 1. The molecular weight excluding hydrogens is 398 g/mol. The van der Waals surface area contributed by atoms with Crippen molar-refractivity contribution in [2.24, 2.45) is 0 Å². The number of hydrogen-bond acceptors (Lipinski definition) is 4. The highest BCUT2D eigenvalue weighted by atomic mass is 79.9. The number of phenolic OH excluding ortho intramolecular Hbond substituents is 1. The lowest BCUT2D eigenvalue weighted by molar-refractivity contribution is -0.124. The van der Waals surface area contributed by atoms with Gasteiger partial charge in [-0.3, -0.25) is 4.79 Å². The van der Waals surface area contributed by atoms with E-state index in [4.69, 9.17) is 4.74 Å². The van der Waals surface area contributed by atoms with Crippen LogP contribution in [0.1, 0.15) is 34.3 Å². The Hall–Kier alpha value is -2.34. The van der Waals surface area contributed by atoms with Crippen LogP contribution in [0.15, 0.2) is 46.9 Å². The average molecular weight is 418 g/mol. The van der Waals surface area contributed by atoms with Gasteiger partial charge in [0.1, 0.15) is 11.3 Å². The average Bonchev–Trinajstić information content (AvgIpc) is 3.43. The topological polar surface area (TPSA) is 75.6 Å². The zero-order chi connectivity index (χ0) is 18.7. The molecule has 0 bridgehead atoms. The minimum Gasteiger partial charge on any atom is -0.506 e. The summed E-state index contributed by atoms with van der Waals surface area (Å²) in [4.78, 5) is 24.2. The van der Waals surface area contributed by atoms with Gasteiger partial charge in [0, 0.05) is 12.0 Å². The lowest BCUT2D eigenvalue weighted by Gasteiger charge is -2.16. The number of aromatic hydroxyl groups is 1. The van der Waals surface area contributed by atoms with Gasteiger partial charge in [-0.15, -0.1) is 0 Å². The van der Waals surface area contributed by atoms with Gasteiger partial charge in [0.05, 0.1) is 4.47 Å². The molecule has 3 rings (SSSR count). The van der Waals surface area contributed by atoms with E-state index in [-0.39, 0.29) is 29.2 Å². The Morgan fingerprint density at radius 1 is 1.23 bits per heavy atom. The molecule has 1 amide bonds. The SMILES string of the molecule is Cc1cc(Br)c(O)c(C(=O)OCC(=O)NCC2(c3ccccc3)CC2)c1. The van der Waals surface area contributed by atoms with E-state index in [0.29, 0.717) is 11.0 Å². The number of esters is 1. The highest BCUT2D eigenvalue weighted by molar-refractivity contribution is 9.10. The molecule has 26 heavy (non-hydrogen) atoms. The quantitative estimate of drug-likeness (QED) is 0.705. The van der Waals surface area contributed by atoms with Gasteiger partial charge in [-0.05, 0) is 59.0 Å². The third kappa shape index (κ3) is 4.07. The largest absolute Gasteiger partial charge is 0.506 e. The molecule has 0 aliphatic heterocycles. The van der Waals surface area contributed by atoms with Crippen LogP contribution in [0.2, 0.25) is 0 Å². The summed E-state index contributed by atoms with van der Waals surface area (Å²) in [6, 6.07) is 13.3. The molecule has 0 unspecified atom stereocenters. The van der Waals surface area contributed by atoms with E-state index in [0.717, 1.165) is 18.4 Å². The summed E-state index contributed by atoms with van der Waals surface area (Å²) in [5.74, 6) is -1.28. The van der Waals surface area contributed by atoms with Crippen molar-refractivity contribution in [3.63, 3.8) is 0 Å². The van der Waals surface area contributed by atoms with Crippen molar-refractivity contribution in [3.8, 4) is 5.75 Å². The Kier molecular flexibility index (Phi) is 5.32. The third-order valence-corrected chi connectivity index (χ3v) is 5.23. The number of phenols is 1. The van der Waals surface area contributed by atoms with Gasteiger partial charge in [0.15, 0.2) is 6.61 Å². The Bertz CT molecular complexity index is 831. The molecule has 2 aromatic carbocycles. The van der Waals surface area contributed by atoms with Crippen molar-refractivity contribution < 1.29 is 19.4 Å². The number of amides is 1. The summed E-state index contributed by atoms with van der Waals surface area (Å²) in [5.41, 5.74) is 2.05. The number of hydrogen-bond donors (Lipinski definition) is 2. The van der Waals surface area contributed by atoms with Crippen LogP contribution in [0.4, 0.5) is 0 Å². The number of benzene rings is 2. The predicted molar refractivity (Wildman–Crippen MR) is 101 cm³/mol. The number of ether oxygens (including phenoxy) is 1. The van der Waals surface area contributed by atoms with Crippen LogP contribution in [-0.2, 0) is 14.9 Å². The first-order valence-corrected chi connectivity index (χ1v) is 9.19. The van der Waals surface area contributed by atoms with E-state index in [1.807, 2.05) is 18.2 Å². The highest BCUT2D eigenvalue weighted by Crippen LogP contribution is 2.47. The van der Waals surface area contributed by atoms with Gasteiger partial charge >= 0.3 is 5.97 Å². The number of carbonyl (C=O) groups is 2. The molecule has 6 heteroatoms. The second-order valence-electron chi connectivity index (χ2n) is 6.64. The molecule has 2 N–H and O–H groups in total. The van der Waals surface area contributed by atoms with E-state index >= 15 is 0 Å². The molecule has 0 atom stereocenters. The van der Waals surface area contributed by atoms with Gasteiger partial charge in [-0.2, -0.15) is 0 Å². The molecule has 136 valence electrons. The van der Waals surface area contributed by atoms with Gasteiger partial charge < -0.3 is 15.2 Å². The summed E-state index contributed by atoms with van der Waals surface area (Å²) < 4.78 is 5.45. The minimum absolute atomic E-state index is 0.000599. The van der Waals surface area contributed by atoms with Crippen LogP contribution in [0.25, 0.3) is 0 Å². The lowest BCUT2D eigenvalue weighted by atomic mass is 9.96. The zero-order valence-corrected chi connectivity index (χ0v) is 16.0. The van der Waals surface area contributed by atoms with Crippen molar-refractivity contribution in [1.82, 2.24) is 5.32 Å². The fourth-order valence-corrected chi connectivity index (χ4v) is 3.50. The van der Waals surface area contributed by atoms with Crippen LogP contribution < -0.4 is 5.32 Å². The maximum absolute atomic E-state index is 12.1. The summed E-state index contributed by atoms with van der Waals surface area (Å²) >= 11 is 3.18. The van der Waals surface area contributed by atoms with Crippen molar-refractivity contribution in [3.05, 3.63) is 63.6 Å². The van der Waals surface area contributed by atoms with Crippen LogP contribution in [0.3, 0.4) is 0 Å². The van der Waals surface area contributed by atoms with Crippen molar-refractivity contribution in [2.45, 2.75) is 25.2 Å². The standard InChI is InChI=1S/C20H20BrNO4/c1-13-9-15(18(24)16(21)10-13)19(25)26-11-17(23)22-12-20(7-8-20)14-5-3-2-4-6-14/h2-6,9-10,24H,7-8,11-12H2,1H3,(H,22,23). The van der Waals surface area contributed by atoms with E-state index in [9.17, 15) is 14.7 Å². The van der Waals surface area contributed by atoms with Gasteiger partial charge in [0.2, 0.25) is 0 Å². The summed E-state index contributed by atoms with van der Waals surface area (Å²) in [5, 5.41) is 12.8. The van der Waals surface area contributed by atoms with Crippen LogP contribution in [-0.4, -0.2) is 30.1 Å². The van der Waals surface area contributed by atoms with Gasteiger partial charge in [-0.25, -0.2) is 4.79 Å². The Labute approximate surface area is 160 Å². The molecule has 0 aromatic heterocycles. The van der Waals surface area contributed by atoms with E-state index in [1.165, 1.54) is 11.6 Å². The fraction of sp³-hybridized carbons (Fsp3) is 0.300. The van der Waals surface area contributed by atoms with Gasteiger partial charge in [0.25, 0.3) is 5.91 Å². The smallest absolute Gasteiger partial charge is 0.342 e. The highest BCUT2D eigenvalue weighted by Gasteiger charge is 2.44. The van der Waals surface area contributed by atoms with Crippen molar-refractivity contribution >= 4 is 27.8 Å². The normalized spacial score (nSPS) is 14.5. The number of nitrogens with one attached hydrogen (secondary N) is 1. The number of rotatable bonds is 6. The monoisotopic (exact) mass is 417 g/mol. The van der Waals surface area contributed by atoms with Gasteiger partial charge in [-0.1, -0.05) is 30.3 Å². The first kappa shape index (κ1) is 18.5. The fourth-order valence-electron chi connectivity index (χ4n) is 2.93. The van der Waals surface area contributed by atoms with Crippen molar-refractivity contribution in [2.75, 3.05) is 13.2 Å².